The zero-order chi connectivity index (χ0) is 6.69. The second-order valence-electron chi connectivity index (χ2n) is 2.65. The van der Waals surface area contributed by atoms with Crippen LogP contribution in [0.1, 0.15) is 12.8 Å². The molecule has 4 N–H and O–H groups in total. The second-order valence-corrected chi connectivity index (χ2v) is 2.65. The molecule has 0 aromatic rings. The molecular formula is C6H14N2O. The van der Waals surface area contributed by atoms with Crippen LogP contribution in [-0.4, -0.2) is 30.3 Å². The van der Waals surface area contributed by atoms with Gasteiger partial charge >= 0.3 is 0 Å². The molecule has 0 bridgehead atoms. The first kappa shape index (κ1) is 6.99. The number of aliphatic hydroxyl groups excluding tert-OH is 1. The van der Waals surface area contributed by atoms with E-state index < -0.39 is 0 Å². The molecule has 1 rings (SSSR count). The first-order valence-electron chi connectivity index (χ1n) is 3.43. The fourth-order valence-electron chi connectivity index (χ4n) is 1.05. The van der Waals surface area contributed by atoms with Crippen LogP contribution in [0.2, 0.25) is 0 Å². The van der Waals surface area contributed by atoms with Crippen molar-refractivity contribution in [3.8, 4) is 0 Å². The van der Waals surface area contributed by atoms with Crippen LogP contribution in [0.3, 0.4) is 0 Å². The van der Waals surface area contributed by atoms with Crippen molar-refractivity contribution < 1.29 is 5.11 Å². The van der Waals surface area contributed by atoms with Gasteiger partial charge in [-0.15, -0.1) is 0 Å². The van der Waals surface area contributed by atoms with Crippen LogP contribution >= 0.6 is 0 Å². The lowest BCUT2D eigenvalue weighted by Crippen LogP contribution is -2.32. The maximum Gasteiger partial charge on any atom is 0.0665 e. The Morgan fingerprint density at radius 1 is 1.33 bits per heavy atom. The third kappa shape index (κ3) is 2.30. The summed E-state index contributed by atoms with van der Waals surface area (Å²) in [5.41, 5.74) is 5.62. The molecule has 54 valence electrons. The highest BCUT2D eigenvalue weighted by atomic mass is 16.3. The molecule has 1 saturated heterocycles. The summed E-state index contributed by atoms with van der Waals surface area (Å²) in [6.45, 7) is 1.55. The van der Waals surface area contributed by atoms with Gasteiger partial charge in [0.15, 0.2) is 0 Å². The molecule has 0 aromatic carbocycles. The SMILES string of the molecule is NC1CCC(O)CNC1. The quantitative estimate of drug-likeness (QED) is 0.396. The molecule has 1 fully saturated rings. The Kier molecular flexibility index (Phi) is 2.45. The second kappa shape index (κ2) is 3.15. The fraction of sp³-hybridized carbons (Fsp3) is 1.00. The van der Waals surface area contributed by atoms with Crippen LogP contribution in [0.4, 0.5) is 0 Å². The van der Waals surface area contributed by atoms with Crippen LogP contribution in [0.25, 0.3) is 0 Å². The molecule has 1 aliphatic heterocycles. The van der Waals surface area contributed by atoms with Crippen molar-refractivity contribution >= 4 is 0 Å². The van der Waals surface area contributed by atoms with Crippen molar-refractivity contribution in [1.29, 1.82) is 0 Å². The van der Waals surface area contributed by atoms with E-state index in [1.54, 1.807) is 0 Å². The number of hydrogen-bond donors (Lipinski definition) is 3. The molecule has 2 unspecified atom stereocenters. The van der Waals surface area contributed by atoms with Gasteiger partial charge in [0, 0.05) is 19.1 Å². The van der Waals surface area contributed by atoms with Gasteiger partial charge < -0.3 is 16.2 Å². The van der Waals surface area contributed by atoms with Gasteiger partial charge in [-0.2, -0.15) is 0 Å². The van der Waals surface area contributed by atoms with E-state index in [-0.39, 0.29) is 12.1 Å². The Hall–Kier alpha value is -0.120. The minimum absolute atomic E-state index is 0.182. The zero-order valence-corrected chi connectivity index (χ0v) is 5.51. The van der Waals surface area contributed by atoms with Gasteiger partial charge in [-0.25, -0.2) is 0 Å². The Morgan fingerprint density at radius 3 is 2.89 bits per heavy atom. The summed E-state index contributed by atoms with van der Waals surface area (Å²) in [7, 11) is 0. The normalized spacial score (nSPS) is 38.0. The summed E-state index contributed by atoms with van der Waals surface area (Å²) in [6, 6.07) is 0.238. The predicted molar refractivity (Wildman–Crippen MR) is 36.1 cm³/mol. The van der Waals surface area contributed by atoms with Crippen molar-refractivity contribution in [3.63, 3.8) is 0 Å². The molecule has 2 atom stereocenters. The lowest BCUT2D eigenvalue weighted by Gasteiger charge is -2.04. The first-order chi connectivity index (χ1) is 4.29. The predicted octanol–water partition coefficient (Wildman–Crippen LogP) is -0.942. The van der Waals surface area contributed by atoms with Crippen molar-refractivity contribution in [2.45, 2.75) is 25.0 Å². The molecule has 0 saturated carbocycles. The summed E-state index contributed by atoms with van der Waals surface area (Å²) < 4.78 is 0. The van der Waals surface area contributed by atoms with Gasteiger partial charge in [0.05, 0.1) is 6.10 Å². The van der Waals surface area contributed by atoms with E-state index in [2.05, 4.69) is 5.32 Å². The number of hydrogen-bond acceptors (Lipinski definition) is 3. The number of rotatable bonds is 0. The highest BCUT2D eigenvalue weighted by Crippen LogP contribution is 2.02. The van der Waals surface area contributed by atoms with Crippen LogP contribution in [-0.2, 0) is 0 Å². The van der Waals surface area contributed by atoms with Crippen molar-refractivity contribution in [3.05, 3.63) is 0 Å². The third-order valence-electron chi connectivity index (χ3n) is 1.66. The highest BCUT2D eigenvalue weighted by molar-refractivity contribution is 4.73. The monoisotopic (exact) mass is 130 g/mol. The number of β-amino-alcohol motifs (C(OH)–C–C–N with tert-alkyl or cyclic N) is 1. The van der Waals surface area contributed by atoms with Crippen LogP contribution in [0.5, 0.6) is 0 Å². The molecule has 0 radical (unpaired) electrons. The molecule has 0 amide bonds. The smallest absolute Gasteiger partial charge is 0.0665 e. The van der Waals surface area contributed by atoms with E-state index in [1.807, 2.05) is 0 Å². The van der Waals surface area contributed by atoms with E-state index >= 15 is 0 Å². The molecule has 0 spiro atoms. The summed E-state index contributed by atoms with van der Waals surface area (Å²) in [6.07, 6.45) is 1.60. The molecule has 1 aliphatic rings. The Morgan fingerprint density at radius 2 is 2.11 bits per heavy atom. The Balaban J connectivity index is 2.25. The van der Waals surface area contributed by atoms with Gasteiger partial charge in [0.25, 0.3) is 0 Å². The lowest BCUT2D eigenvalue weighted by atomic mass is 10.1. The lowest BCUT2D eigenvalue weighted by molar-refractivity contribution is 0.168. The van der Waals surface area contributed by atoms with E-state index in [1.165, 1.54) is 0 Å². The summed E-state index contributed by atoms with van der Waals surface area (Å²) >= 11 is 0. The standard InChI is InChI=1S/C6H14N2O/c7-5-1-2-6(9)4-8-3-5/h5-6,8-9H,1-4,7H2. The van der Waals surface area contributed by atoms with E-state index in [4.69, 9.17) is 10.8 Å². The Bertz CT molecular complexity index is 77.1. The summed E-state index contributed by atoms with van der Waals surface area (Å²) in [5, 5.41) is 12.2. The molecular weight excluding hydrogens is 116 g/mol. The van der Waals surface area contributed by atoms with Gasteiger partial charge in [0.2, 0.25) is 0 Å². The summed E-state index contributed by atoms with van der Waals surface area (Å²) in [5.74, 6) is 0. The van der Waals surface area contributed by atoms with Crippen molar-refractivity contribution in [2.24, 2.45) is 5.73 Å². The van der Waals surface area contributed by atoms with Crippen molar-refractivity contribution in [1.82, 2.24) is 5.32 Å². The van der Waals surface area contributed by atoms with Crippen molar-refractivity contribution in [2.75, 3.05) is 13.1 Å². The van der Waals surface area contributed by atoms with Gasteiger partial charge in [0.1, 0.15) is 0 Å². The number of nitrogens with one attached hydrogen (secondary N) is 1. The molecule has 0 aromatic heterocycles. The molecule has 0 aliphatic carbocycles. The first-order valence-corrected chi connectivity index (χ1v) is 3.43. The van der Waals surface area contributed by atoms with Crippen LogP contribution in [0.15, 0.2) is 0 Å². The molecule has 3 nitrogen and oxygen atoms in total. The molecule has 9 heavy (non-hydrogen) atoms. The Labute approximate surface area is 55.2 Å². The average molecular weight is 130 g/mol. The van der Waals surface area contributed by atoms with Crippen LogP contribution < -0.4 is 11.1 Å². The topological polar surface area (TPSA) is 58.3 Å². The van der Waals surface area contributed by atoms with E-state index in [0.29, 0.717) is 6.54 Å². The van der Waals surface area contributed by atoms with Gasteiger partial charge in [-0.1, -0.05) is 0 Å². The van der Waals surface area contributed by atoms with Gasteiger partial charge in [-0.3, -0.25) is 0 Å². The largest absolute Gasteiger partial charge is 0.392 e. The number of aliphatic hydroxyl groups is 1. The summed E-state index contributed by atoms with van der Waals surface area (Å²) in [4.78, 5) is 0. The highest BCUT2D eigenvalue weighted by Gasteiger charge is 2.12. The fourth-order valence-corrected chi connectivity index (χ4v) is 1.05. The molecule has 3 heteroatoms. The average Bonchev–Trinajstić information content (AvgIpc) is 1.97. The molecule has 1 heterocycles. The number of nitrogens with two attached hydrogens (primary N) is 1. The minimum Gasteiger partial charge on any atom is -0.392 e. The van der Waals surface area contributed by atoms with E-state index in [0.717, 1.165) is 19.4 Å². The maximum atomic E-state index is 9.09. The third-order valence-corrected chi connectivity index (χ3v) is 1.66. The van der Waals surface area contributed by atoms with Crippen LogP contribution in [0, 0.1) is 0 Å². The zero-order valence-electron chi connectivity index (χ0n) is 5.51. The minimum atomic E-state index is -0.182. The maximum absolute atomic E-state index is 9.09. The van der Waals surface area contributed by atoms with Gasteiger partial charge in [-0.05, 0) is 12.8 Å². The van der Waals surface area contributed by atoms with E-state index in [9.17, 15) is 0 Å².